The van der Waals surface area contributed by atoms with Crippen LogP contribution in [0.2, 0.25) is 0 Å². The number of ether oxygens (including phenoxy) is 1. The summed E-state index contributed by atoms with van der Waals surface area (Å²) in [7, 11) is 1.56. The number of hydrogen-bond acceptors (Lipinski definition) is 4. The minimum absolute atomic E-state index is 0.272. The Bertz CT molecular complexity index is 301. The SMILES string of the molecule is CCCOc1nscc1NC(=O)NC. The van der Waals surface area contributed by atoms with Gasteiger partial charge in [-0.2, -0.15) is 4.37 Å². The summed E-state index contributed by atoms with van der Waals surface area (Å²) in [4.78, 5) is 11.0. The molecule has 0 spiro atoms. The molecule has 78 valence electrons. The lowest BCUT2D eigenvalue weighted by Gasteiger charge is -2.05. The second kappa shape index (κ2) is 5.43. The molecule has 0 atom stereocenters. The van der Waals surface area contributed by atoms with Crippen LogP contribution in [-0.4, -0.2) is 24.1 Å². The number of hydrogen-bond donors (Lipinski definition) is 2. The standard InChI is InChI=1S/C8H13N3O2S/c1-3-4-13-7-6(5-14-11-7)10-8(12)9-2/h5H,3-4H2,1-2H3,(H2,9,10,12). The highest BCUT2D eigenvalue weighted by atomic mass is 32.1. The summed E-state index contributed by atoms with van der Waals surface area (Å²) in [5.41, 5.74) is 0.614. The minimum Gasteiger partial charge on any atom is -0.476 e. The zero-order valence-corrected chi connectivity index (χ0v) is 8.98. The van der Waals surface area contributed by atoms with Crippen LogP contribution >= 0.6 is 11.5 Å². The number of aromatic nitrogens is 1. The first kappa shape index (κ1) is 10.8. The number of anilines is 1. The van der Waals surface area contributed by atoms with Crippen LogP contribution in [0.3, 0.4) is 0 Å². The first-order chi connectivity index (χ1) is 6.77. The number of carbonyl (C=O) groups is 1. The summed E-state index contributed by atoms with van der Waals surface area (Å²) in [6.07, 6.45) is 0.914. The van der Waals surface area contributed by atoms with Crippen molar-refractivity contribution in [3.8, 4) is 5.88 Å². The molecule has 1 rings (SSSR count). The second-order valence-electron chi connectivity index (χ2n) is 2.59. The molecule has 1 aromatic rings. The van der Waals surface area contributed by atoms with E-state index in [0.717, 1.165) is 6.42 Å². The maximum absolute atomic E-state index is 11.0. The van der Waals surface area contributed by atoms with E-state index in [2.05, 4.69) is 15.0 Å². The van der Waals surface area contributed by atoms with E-state index in [9.17, 15) is 4.79 Å². The smallest absolute Gasteiger partial charge is 0.319 e. The van der Waals surface area contributed by atoms with Gasteiger partial charge in [-0.3, -0.25) is 0 Å². The fourth-order valence-corrected chi connectivity index (χ4v) is 1.36. The Hall–Kier alpha value is -1.30. The van der Waals surface area contributed by atoms with Gasteiger partial charge in [-0.25, -0.2) is 4.79 Å². The molecule has 0 aromatic carbocycles. The molecular formula is C8H13N3O2S. The molecule has 0 unspecified atom stereocenters. The molecule has 0 saturated heterocycles. The molecule has 6 heteroatoms. The van der Waals surface area contributed by atoms with Crippen LogP contribution < -0.4 is 15.4 Å². The highest BCUT2D eigenvalue weighted by Gasteiger charge is 2.08. The van der Waals surface area contributed by atoms with Gasteiger partial charge in [-0.1, -0.05) is 6.92 Å². The number of carbonyl (C=O) groups excluding carboxylic acids is 1. The van der Waals surface area contributed by atoms with Crippen LogP contribution in [0.4, 0.5) is 10.5 Å². The summed E-state index contributed by atoms with van der Waals surface area (Å²) < 4.78 is 9.35. The van der Waals surface area contributed by atoms with Gasteiger partial charge in [-0.05, 0) is 18.0 Å². The Balaban J connectivity index is 2.57. The van der Waals surface area contributed by atoms with Gasteiger partial charge in [0.25, 0.3) is 0 Å². The summed E-state index contributed by atoms with van der Waals surface area (Å²) in [6, 6.07) is -0.272. The van der Waals surface area contributed by atoms with Gasteiger partial charge in [-0.15, -0.1) is 0 Å². The summed E-state index contributed by atoms with van der Waals surface area (Å²) >= 11 is 1.25. The molecule has 0 radical (unpaired) electrons. The minimum atomic E-state index is -0.272. The monoisotopic (exact) mass is 215 g/mol. The molecule has 0 aliphatic rings. The van der Waals surface area contributed by atoms with Crippen LogP contribution in [0.25, 0.3) is 0 Å². The Labute approximate surface area is 86.6 Å². The van der Waals surface area contributed by atoms with E-state index in [-0.39, 0.29) is 6.03 Å². The maximum Gasteiger partial charge on any atom is 0.319 e. The first-order valence-electron chi connectivity index (χ1n) is 4.33. The van der Waals surface area contributed by atoms with Gasteiger partial charge in [0.2, 0.25) is 5.88 Å². The van der Waals surface area contributed by atoms with Crippen molar-refractivity contribution in [3.05, 3.63) is 5.38 Å². The summed E-state index contributed by atoms with van der Waals surface area (Å²) in [5.74, 6) is 0.487. The van der Waals surface area contributed by atoms with Crippen molar-refractivity contribution in [1.82, 2.24) is 9.69 Å². The number of nitrogens with one attached hydrogen (secondary N) is 2. The van der Waals surface area contributed by atoms with E-state index in [1.165, 1.54) is 11.5 Å². The average molecular weight is 215 g/mol. The third kappa shape index (κ3) is 2.88. The van der Waals surface area contributed by atoms with Crippen LogP contribution in [0.15, 0.2) is 5.38 Å². The van der Waals surface area contributed by atoms with Crippen molar-refractivity contribution in [1.29, 1.82) is 0 Å². The fraction of sp³-hybridized carbons (Fsp3) is 0.500. The first-order valence-corrected chi connectivity index (χ1v) is 5.17. The van der Waals surface area contributed by atoms with E-state index >= 15 is 0 Å². The number of rotatable bonds is 4. The van der Waals surface area contributed by atoms with Gasteiger partial charge >= 0.3 is 6.03 Å². The molecule has 1 heterocycles. The molecule has 0 aliphatic carbocycles. The van der Waals surface area contributed by atoms with Crippen molar-refractivity contribution in [2.24, 2.45) is 0 Å². The number of nitrogens with zero attached hydrogens (tertiary/aromatic N) is 1. The zero-order chi connectivity index (χ0) is 10.4. The van der Waals surface area contributed by atoms with Crippen molar-refractivity contribution < 1.29 is 9.53 Å². The predicted octanol–water partition coefficient (Wildman–Crippen LogP) is 1.68. The van der Waals surface area contributed by atoms with Gasteiger partial charge in [0.15, 0.2) is 0 Å². The molecule has 0 saturated carbocycles. The lowest BCUT2D eigenvalue weighted by atomic mass is 10.5. The molecule has 2 amide bonds. The van der Waals surface area contributed by atoms with Crippen molar-refractivity contribution in [2.75, 3.05) is 19.0 Å². The van der Waals surface area contributed by atoms with Crippen LogP contribution in [0.5, 0.6) is 5.88 Å². The topological polar surface area (TPSA) is 63.2 Å². The molecule has 1 aromatic heterocycles. The van der Waals surface area contributed by atoms with E-state index in [1.807, 2.05) is 6.92 Å². The normalized spacial score (nSPS) is 9.57. The summed E-state index contributed by atoms with van der Waals surface area (Å²) in [5, 5.41) is 6.82. The maximum atomic E-state index is 11.0. The summed E-state index contributed by atoms with van der Waals surface area (Å²) in [6.45, 7) is 2.62. The van der Waals surface area contributed by atoms with E-state index in [1.54, 1.807) is 12.4 Å². The molecule has 0 fully saturated rings. The van der Waals surface area contributed by atoms with Crippen LogP contribution in [-0.2, 0) is 0 Å². The van der Waals surface area contributed by atoms with Crippen molar-refractivity contribution in [3.63, 3.8) is 0 Å². The molecule has 0 bridgehead atoms. The van der Waals surface area contributed by atoms with Gasteiger partial charge in [0.1, 0.15) is 5.69 Å². The van der Waals surface area contributed by atoms with Gasteiger partial charge in [0, 0.05) is 12.4 Å². The Morgan fingerprint density at radius 1 is 1.71 bits per heavy atom. The highest BCUT2D eigenvalue weighted by molar-refractivity contribution is 7.04. The fourth-order valence-electron chi connectivity index (χ4n) is 0.797. The van der Waals surface area contributed by atoms with Crippen molar-refractivity contribution >= 4 is 23.3 Å². The Morgan fingerprint density at radius 3 is 3.14 bits per heavy atom. The van der Waals surface area contributed by atoms with Crippen molar-refractivity contribution in [2.45, 2.75) is 13.3 Å². The zero-order valence-electron chi connectivity index (χ0n) is 8.16. The molecular weight excluding hydrogens is 202 g/mol. The lowest BCUT2D eigenvalue weighted by molar-refractivity contribution is 0.253. The van der Waals surface area contributed by atoms with E-state index in [4.69, 9.17) is 4.74 Å². The number of amides is 2. The van der Waals surface area contributed by atoms with Crippen LogP contribution in [0.1, 0.15) is 13.3 Å². The van der Waals surface area contributed by atoms with E-state index < -0.39 is 0 Å². The van der Waals surface area contributed by atoms with Gasteiger partial charge < -0.3 is 15.4 Å². The van der Waals surface area contributed by atoms with Gasteiger partial charge in [0.05, 0.1) is 6.61 Å². The molecule has 5 nitrogen and oxygen atoms in total. The average Bonchev–Trinajstić information content (AvgIpc) is 2.62. The second-order valence-corrected chi connectivity index (χ2v) is 3.22. The third-order valence-corrected chi connectivity index (χ3v) is 2.07. The molecule has 2 N–H and O–H groups in total. The quantitative estimate of drug-likeness (QED) is 0.803. The lowest BCUT2D eigenvalue weighted by Crippen LogP contribution is -2.24. The predicted molar refractivity (Wildman–Crippen MR) is 56.0 cm³/mol. The Kier molecular flexibility index (Phi) is 4.18. The highest BCUT2D eigenvalue weighted by Crippen LogP contribution is 2.24. The molecule has 14 heavy (non-hydrogen) atoms. The van der Waals surface area contributed by atoms with Crippen LogP contribution in [0, 0.1) is 0 Å². The Morgan fingerprint density at radius 2 is 2.50 bits per heavy atom. The third-order valence-electron chi connectivity index (χ3n) is 1.45. The number of urea groups is 1. The largest absolute Gasteiger partial charge is 0.476 e. The molecule has 0 aliphatic heterocycles. The van der Waals surface area contributed by atoms with E-state index in [0.29, 0.717) is 18.2 Å².